The van der Waals surface area contributed by atoms with E-state index in [9.17, 15) is 0 Å². The van der Waals surface area contributed by atoms with E-state index in [1.54, 1.807) is 11.3 Å². The van der Waals surface area contributed by atoms with Crippen molar-refractivity contribution in [2.24, 2.45) is 5.92 Å². The van der Waals surface area contributed by atoms with Gasteiger partial charge in [-0.2, -0.15) is 0 Å². The van der Waals surface area contributed by atoms with Crippen LogP contribution in [0, 0.1) is 12.8 Å². The molecule has 2 nitrogen and oxygen atoms in total. The summed E-state index contributed by atoms with van der Waals surface area (Å²) in [6.07, 6.45) is 3.58. The number of aryl methyl sites for hydroxylation is 2. The van der Waals surface area contributed by atoms with Crippen LogP contribution in [-0.4, -0.2) is 18.1 Å². The summed E-state index contributed by atoms with van der Waals surface area (Å²) in [6.45, 7) is 8.86. The van der Waals surface area contributed by atoms with Crippen molar-refractivity contribution < 1.29 is 0 Å². The third-order valence-corrected chi connectivity index (χ3v) is 3.30. The van der Waals surface area contributed by atoms with Crippen molar-refractivity contribution in [1.29, 1.82) is 0 Å². The van der Waals surface area contributed by atoms with Crippen molar-refractivity contribution in [3.05, 3.63) is 16.1 Å². The van der Waals surface area contributed by atoms with Crippen LogP contribution in [0.2, 0.25) is 0 Å². The Hall–Kier alpha value is -0.410. The lowest BCUT2D eigenvalue weighted by atomic mass is 10.0. The van der Waals surface area contributed by atoms with E-state index in [0.29, 0.717) is 0 Å². The number of hydrogen-bond acceptors (Lipinski definition) is 3. The van der Waals surface area contributed by atoms with Gasteiger partial charge in [-0.25, -0.2) is 4.98 Å². The molecule has 0 fully saturated rings. The molecule has 0 aliphatic carbocycles. The molecule has 0 aliphatic heterocycles. The Kier molecular flexibility index (Phi) is 5.88. The maximum absolute atomic E-state index is 4.48. The first-order chi connectivity index (χ1) is 7.22. The molecule has 1 unspecified atom stereocenters. The van der Waals surface area contributed by atoms with Crippen LogP contribution in [0.3, 0.4) is 0 Å². The summed E-state index contributed by atoms with van der Waals surface area (Å²) in [7, 11) is 0. The molecular formula is C12H22N2S. The molecule has 15 heavy (non-hydrogen) atoms. The summed E-state index contributed by atoms with van der Waals surface area (Å²) in [4.78, 5) is 4.48. The van der Waals surface area contributed by atoms with E-state index in [0.717, 1.165) is 25.4 Å². The smallest absolute Gasteiger partial charge is 0.0897 e. The summed E-state index contributed by atoms with van der Waals surface area (Å²) >= 11 is 1.75. The van der Waals surface area contributed by atoms with Crippen LogP contribution < -0.4 is 5.32 Å². The van der Waals surface area contributed by atoms with Gasteiger partial charge < -0.3 is 5.32 Å². The highest BCUT2D eigenvalue weighted by molar-refractivity contribution is 7.09. The molecule has 0 saturated carbocycles. The maximum Gasteiger partial charge on any atom is 0.0897 e. The summed E-state index contributed by atoms with van der Waals surface area (Å²) in [5.74, 6) is 0.749. The molecule has 0 amide bonds. The molecule has 0 bridgehead atoms. The Bertz CT molecular complexity index is 270. The van der Waals surface area contributed by atoms with Crippen LogP contribution in [0.25, 0.3) is 0 Å². The number of aromatic nitrogens is 1. The highest BCUT2D eigenvalue weighted by atomic mass is 32.1. The maximum atomic E-state index is 4.48. The molecule has 1 atom stereocenters. The predicted molar refractivity (Wildman–Crippen MR) is 67.5 cm³/mol. The fourth-order valence-corrected chi connectivity index (χ4v) is 2.19. The second kappa shape index (κ2) is 6.96. The van der Waals surface area contributed by atoms with E-state index in [1.165, 1.54) is 23.5 Å². The van der Waals surface area contributed by atoms with Crippen LogP contribution in [0.4, 0.5) is 0 Å². The summed E-state index contributed by atoms with van der Waals surface area (Å²) in [6, 6.07) is 0. The molecule has 86 valence electrons. The highest BCUT2D eigenvalue weighted by Gasteiger charge is 2.04. The normalized spacial score (nSPS) is 13.0. The number of hydrogen-bond donors (Lipinski definition) is 1. The van der Waals surface area contributed by atoms with Gasteiger partial charge in [0.15, 0.2) is 0 Å². The van der Waals surface area contributed by atoms with Gasteiger partial charge in [0.05, 0.1) is 10.7 Å². The molecule has 0 aromatic carbocycles. The van der Waals surface area contributed by atoms with Crippen LogP contribution >= 0.6 is 11.3 Å². The molecule has 0 aliphatic rings. The van der Waals surface area contributed by atoms with Crippen molar-refractivity contribution in [1.82, 2.24) is 10.3 Å². The molecule has 3 heteroatoms. The van der Waals surface area contributed by atoms with Gasteiger partial charge in [-0.3, -0.25) is 0 Å². The molecule has 1 rings (SSSR count). The van der Waals surface area contributed by atoms with Crippen molar-refractivity contribution in [2.45, 2.75) is 40.0 Å². The number of thiazole rings is 1. The molecule has 1 aromatic heterocycles. The lowest BCUT2D eigenvalue weighted by molar-refractivity contribution is 0.479. The Morgan fingerprint density at radius 2 is 2.33 bits per heavy atom. The summed E-state index contributed by atoms with van der Waals surface area (Å²) < 4.78 is 0. The van der Waals surface area contributed by atoms with Crippen molar-refractivity contribution in [3.8, 4) is 0 Å². The van der Waals surface area contributed by atoms with Crippen molar-refractivity contribution in [2.75, 3.05) is 13.1 Å². The van der Waals surface area contributed by atoms with Gasteiger partial charge in [0.25, 0.3) is 0 Å². The van der Waals surface area contributed by atoms with E-state index in [2.05, 4.69) is 36.5 Å². The molecule has 0 radical (unpaired) electrons. The zero-order valence-electron chi connectivity index (χ0n) is 10.0. The minimum Gasteiger partial charge on any atom is -0.316 e. The summed E-state index contributed by atoms with van der Waals surface area (Å²) in [5, 5.41) is 6.82. The van der Waals surface area contributed by atoms with Crippen molar-refractivity contribution in [3.63, 3.8) is 0 Å². The molecule has 1 heterocycles. The zero-order chi connectivity index (χ0) is 11.1. The van der Waals surface area contributed by atoms with E-state index < -0.39 is 0 Å². The fraction of sp³-hybridized carbons (Fsp3) is 0.750. The van der Waals surface area contributed by atoms with Gasteiger partial charge in [-0.15, -0.1) is 11.3 Å². The van der Waals surface area contributed by atoms with Gasteiger partial charge in [-0.05, 0) is 45.2 Å². The Morgan fingerprint density at radius 1 is 1.53 bits per heavy atom. The van der Waals surface area contributed by atoms with E-state index >= 15 is 0 Å². The third-order valence-electron chi connectivity index (χ3n) is 2.48. The van der Waals surface area contributed by atoms with E-state index in [4.69, 9.17) is 0 Å². The second-order valence-corrected chi connectivity index (χ2v) is 5.27. The minimum absolute atomic E-state index is 0.749. The molecule has 0 saturated heterocycles. The van der Waals surface area contributed by atoms with Gasteiger partial charge >= 0.3 is 0 Å². The van der Waals surface area contributed by atoms with Crippen LogP contribution in [0.5, 0.6) is 0 Å². The topological polar surface area (TPSA) is 24.9 Å². The van der Waals surface area contributed by atoms with Gasteiger partial charge in [0, 0.05) is 5.38 Å². The van der Waals surface area contributed by atoms with Crippen LogP contribution in [0.15, 0.2) is 5.38 Å². The van der Waals surface area contributed by atoms with Crippen LogP contribution in [-0.2, 0) is 6.42 Å². The first kappa shape index (κ1) is 12.7. The predicted octanol–water partition coefficient (Wildman–Crippen LogP) is 3.02. The average Bonchev–Trinajstić information content (AvgIpc) is 2.62. The van der Waals surface area contributed by atoms with Gasteiger partial charge in [0.1, 0.15) is 0 Å². The molecule has 0 spiro atoms. The van der Waals surface area contributed by atoms with Crippen LogP contribution in [0.1, 0.15) is 37.4 Å². The Balaban J connectivity index is 2.13. The Morgan fingerprint density at radius 3 is 2.93 bits per heavy atom. The Labute approximate surface area is 97.1 Å². The van der Waals surface area contributed by atoms with Gasteiger partial charge in [-0.1, -0.05) is 13.8 Å². The standard InChI is InChI=1S/C12H22N2S/c1-4-7-13-8-10(2)5-6-12-9-15-11(3)14-12/h9-10,13H,4-8H2,1-3H3. The average molecular weight is 226 g/mol. The lowest BCUT2D eigenvalue weighted by Crippen LogP contribution is -2.22. The monoisotopic (exact) mass is 226 g/mol. The largest absolute Gasteiger partial charge is 0.316 e. The first-order valence-electron chi connectivity index (χ1n) is 5.84. The molecule has 1 N–H and O–H groups in total. The first-order valence-corrected chi connectivity index (χ1v) is 6.72. The molecule has 1 aromatic rings. The van der Waals surface area contributed by atoms with E-state index in [-0.39, 0.29) is 0 Å². The van der Waals surface area contributed by atoms with Crippen molar-refractivity contribution >= 4 is 11.3 Å². The molecular weight excluding hydrogens is 204 g/mol. The number of rotatable bonds is 7. The second-order valence-electron chi connectivity index (χ2n) is 4.21. The lowest BCUT2D eigenvalue weighted by Gasteiger charge is -2.10. The van der Waals surface area contributed by atoms with Gasteiger partial charge in [0.2, 0.25) is 0 Å². The fourth-order valence-electron chi connectivity index (χ4n) is 1.54. The van der Waals surface area contributed by atoms with E-state index in [1.807, 2.05) is 0 Å². The number of nitrogens with one attached hydrogen (secondary N) is 1. The quantitative estimate of drug-likeness (QED) is 0.723. The SMILES string of the molecule is CCCNCC(C)CCc1csc(C)n1. The third kappa shape index (κ3) is 5.28. The number of nitrogens with zero attached hydrogens (tertiary/aromatic N) is 1. The highest BCUT2D eigenvalue weighted by Crippen LogP contribution is 2.12. The summed E-state index contributed by atoms with van der Waals surface area (Å²) in [5.41, 5.74) is 1.26. The zero-order valence-corrected chi connectivity index (χ0v) is 10.9. The minimum atomic E-state index is 0.749.